The van der Waals surface area contributed by atoms with Gasteiger partial charge in [-0.2, -0.15) is 0 Å². The molecule has 4 aliphatic rings. The minimum Gasteiger partial charge on any atom is -0.361 e. The summed E-state index contributed by atoms with van der Waals surface area (Å²) in [7, 11) is 0. The van der Waals surface area contributed by atoms with Gasteiger partial charge in [-0.25, -0.2) is 0 Å². The Kier molecular flexibility index (Phi) is 5.87. The molecule has 4 saturated heterocycles. The highest BCUT2D eigenvalue weighted by atomic mass is 16.5. The molecule has 13 heteroatoms. The number of carbonyl (C=O) groups is 3. The lowest BCUT2D eigenvalue weighted by Crippen LogP contribution is -2.81. The van der Waals surface area contributed by atoms with Crippen LogP contribution in [0.15, 0.2) is 18.2 Å². The first-order valence-electron chi connectivity index (χ1n) is 12.5. The van der Waals surface area contributed by atoms with Crippen molar-refractivity contribution >= 4 is 29.6 Å². The highest BCUT2D eigenvalue weighted by Gasteiger charge is 2.74. The molecule has 3 amide bonds. The van der Waals surface area contributed by atoms with Crippen molar-refractivity contribution in [3.05, 3.63) is 34.9 Å². The Morgan fingerprint density at radius 3 is 2.49 bits per heavy atom. The lowest BCUT2D eigenvalue weighted by Gasteiger charge is -2.51. The van der Waals surface area contributed by atoms with Gasteiger partial charge in [0, 0.05) is 24.9 Å². The van der Waals surface area contributed by atoms with Crippen LogP contribution in [0.2, 0.25) is 0 Å². The topological polar surface area (TPSA) is 194 Å². The molecule has 0 radical (unpaired) electrons. The van der Waals surface area contributed by atoms with E-state index in [1.165, 1.54) is 4.90 Å². The quantitative estimate of drug-likeness (QED) is 0.160. The van der Waals surface area contributed by atoms with E-state index in [9.17, 15) is 24.6 Å². The number of amides is 3. The lowest BCUT2D eigenvalue weighted by atomic mass is 9.84. The number of rotatable bonds is 6. The number of guanidine groups is 2. The van der Waals surface area contributed by atoms with Gasteiger partial charge in [-0.1, -0.05) is 26.0 Å². The molecule has 4 atom stereocenters. The minimum atomic E-state index is -2.64. The highest BCUT2D eigenvalue weighted by molar-refractivity contribution is 6.02. The van der Waals surface area contributed by atoms with Gasteiger partial charge in [0.2, 0.25) is 17.6 Å². The number of benzene rings is 1. The monoisotopic (exact) mass is 512 g/mol. The summed E-state index contributed by atoms with van der Waals surface area (Å²) < 4.78 is 0. The molecule has 37 heavy (non-hydrogen) atoms. The largest absolute Gasteiger partial charge is 0.361 e. The standard InChI is InChI=1S/C24H32N8O5/c1-3-12-6-5-7-14(13(12)4-2)20(35)28-16-11-32-22(26)27-15(10-31-17(33)8-9-18(31)34)19-23(32,24(16,36)37)30-21(25)29-19/h5-7,15-16,19,36-37H,3-4,8-11H2,1-2H3,(H2,26,27)(H,28,35)(H3,25,29,30)/t15-,16?,19?,23?/m0/s1. The van der Waals surface area contributed by atoms with Crippen molar-refractivity contribution in [1.29, 1.82) is 10.8 Å². The van der Waals surface area contributed by atoms with Crippen molar-refractivity contribution in [3.63, 3.8) is 0 Å². The number of carbonyl (C=O) groups excluding carboxylic acids is 3. The van der Waals surface area contributed by atoms with Gasteiger partial charge in [0.25, 0.3) is 5.91 Å². The van der Waals surface area contributed by atoms with Crippen molar-refractivity contribution < 1.29 is 24.6 Å². The number of likely N-dealkylation sites (tertiary alicyclic amines) is 1. The van der Waals surface area contributed by atoms with Crippen LogP contribution in [0, 0.1) is 10.8 Å². The van der Waals surface area contributed by atoms with E-state index >= 15 is 0 Å². The second kappa shape index (κ2) is 8.70. The summed E-state index contributed by atoms with van der Waals surface area (Å²) >= 11 is 0. The summed E-state index contributed by atoms with van der Waals surface area (Å²) in [5.41, 5.74) is 0.554. The van der Waals surface area contributed by atoms with Crippen molar-refractivity contribution in [3.8, 4) is 0 Å². The molecule has 3 unspecified atom stereocenters. The minimum absolute atomic E-state index is 0.101. The van der Waals surface area contributed by atoms with E-state index in [1.54, 1.807) is 12.1 Å². The Bertz CT molecular complexity index is 1190. The summed E-state index contributed by atoms with van der Waals surface area (Å²) in [6.45, 7) is 3.71. The predicted molar refractivity (Wildman–Crippen MR) is 131 cm³/mol. The normalized spacial score (nSPS) is 30.0. The highest BCUT2D eigenvalue weighted by Crippen LogP contribution is 2.43. The average molecular weight is 513 g/mol. The number of imide groups is 1. The Balaban J connectivity index is 1.46. The summed E-state index contributed by atoms with van der Waals surface area (Å²) in [4.78, 5) is 40.3. The first kappa shape index (κ1) is 25.0. The number of hydrogen-bond donors (Lipinski definition) is 8. The summed E-state index contributed by atoms with van der Waals surface area (Å²) in [6.07, 6.45) is 1.58. The number of aryl methyl sites for hydroxylation is 1. The zero-order chi connectivity index (χ0) is 26.7. The van der Waals surface area contributed by atoms with Gasteiger partial charge in [-0.15, -0.1) is 0 Å². The fraction of sp³-hybridized carbons (Fsp3) is 0.542. The van der Waals surface area contributed by atoms with Gasteiger partial charge < -0.3 is 36.4 Å². The summed E-state index contributed by atoms with van der Waals surface area (Å²) in [6, 6.07) is 2.49. The molecule has 4 heterocycles. The fourth-order valence-electron chi connectivity index (χ4n) is 6.19. The van der Waals surface area contributed by atoms with Gasteiger partial charge in [0.15, 0.2) is 17.6 Å². The SMILES string of the molecule is CCc1cccc(C(=O)NC2CN3C(=N)N[C@@H](CN4C(=O)CCC4=O)C4NC(=N)NC43C2(O)O)c1CC. The van der Waals surface area contributed by atoms with E-state index in [4.69, 9.17) is 10.8 Å². The van der Waals surface area contributed by atoms with Crippen molar-refractivity contribution in [1.82, 2.24) is 31.1 Å². The molecule has 4 aliphatic heterocycles. The van der Waals surface area contributed by atoms with Crippen molar-refractivity contribution in [2.24, 2.45) is 0 Å². The first-order valence-corrected chi connectivity index (χ1v) is 12.5. The molecule has 1 aromatic carbocycles. The number of nitrogens with zero attached hydrogens (tertiary/aromatic N) is 2. The van der Waals surface area contributed by atoms with Crippen LogP contribution in [-0.2, 0) is 22.4 Å². The lowest BCUT2D eigenvalue weighted by molar-refractivity contribution is -0.232. The summed E-state index contributed by atoms with van der Waals surface area (Å²) in [5, 5.41) is 51.4. The smallest absolute Gasteiger partial charge is 0.252 e. The maximum atomic E-state index is 13.4. The molecule has 13 nitrogen and oxygen atoms in total. The van der Waals surface area contributed by atoms with E-state index in [0.717, 1.165) is 22.4 Å². The van der Waals surface area contributed by atoms with Gasteiger partial charge in [0.1, 0.15) is 6.04 Å². The third-order valence-corrected chi connectivity index (χ3v) is 7.99. The van der Waals surface area contributed by atoms with Crippen LogP contribution in [0.3, 0.4) is 0 Å². The number of hydrogen-bond acceptors (Lipinski definition) is 7. The van der Waals surface area contributed by atoms with E-state index in [-0.39, 0.29) is 49.7 Å². The van der Waals surface area contributed by atoms with Gasteiger partial charge in [-0.3, -0.25) is 30.1 Å². The van der Waals surface area contributed by atoms with E-state index < -0.39 is 35.5 Å². The molecule has 1 spiro atoms. The Labute approximate surface area is 213 Å². The molecular weight excluding hydrogens is 480 g/mol. The molecular formula is C24H32N8O5. The van der Waals surface area contributed by atoms with Gasteiger partial charge >= 0.3 is 0 Å². The van der Waals surface area contributed by atoms with E-state index in [1.807, 2.05) is 19.9 Å². The molecule has 0 aliphatic carbocycles. The van der Waals surface area contributed by atoms with Crippen LogP contribution in [0.5, 0.6) is 0 Å². The van der Waals surface area contributed by atoms with Crippen molar-refractivity contribution in [2.45, 2.75) is 69.1 Å². The van der Waals surface area contributed by atoms with Crippen LogP contribution in [0.25, 0.3) is 0 Å². The number of nitrogens with one attached hydrogen (secondary N) is 6. The third-order valence-electron chi connectivity index (χ3n) is 7.99. The molecule has 4 fully saturated rings. The van der Waals surface area contributed by atoms with Crippen LogP contribution in [-0.4, -0.2) is 92.3 Å². The third kappa shape index (κ3) is 3.55. The van der Waals surface area contributed by atoms with Crippen LogP contribution < -0.4 is 21.3 Å². The molecule has 0 saturated carbocycles. The van der Waals surface area contributed by atoms with Crippen LogP contribution >= 0.6 is 0 Å². The van der Waals surface area contributed by atoms with Gasteiger partial charge in [0.05, 0.1) is 18.6 Å². The molecule has 0 bridgehead atoms. The molecule has 0 aromatic heterocycles. The van der Waals surface area contributed by atoms with E-state index in [2.05, 4.69) is 21.3 Å². The van der Waals surface area contributed by atoms with Crippen molar-refractivity contribution in [2.75, 3.05) is 13.1 Å². The Hall–Kier alpha value is -3.71. The molecule has 198 valence electrons. The average Bonchev–Trinajstić information content (AvgIpc) is 3.46. The zero-order valence-electron chi connectivity index (χ0n) is 20.7. The Morgan fingerprint density at radius 1 is 1.14 bits per heavy atom. The fourth-order valence-corrected chi connectivity index (χ4v) is 6.19. The van der Waals surface area contributed by atoms with Crippen LogP contribution in [0.1, 0.15) is 48.2 Å². The van der Waals surface area contributed by atoms with E-state index in [0.29, 0.717) is 12.0 Å². The molecule has 1 aromatic rings. The van der Waals surface area contributed by atoms with Gasteiger partial charge in [-0.05, 0) is 30.0 Å². The second-order valence-corrected chi connectivity index (χ2v) is 9.90. The zero-order valence-corrected chi connectivity index (χ0v) is 20.7. The molecule has 8 N–H and O–H groups in total. The summed E-state index contributed by atoms with van der Waals surface area (Å²) in [5.74, 6) is -4.18. The maximum absolute atomic E-state index is 13.4. The maximum Gasteiger partial charge on any atom is 0.252 e. The number of aliphatic hydroxyl groups is 2. The molecule has 5 rings (SSSR count). The predicted octanol–water partition coefficient (Wildman–Crippen LogP) is -1.85. The van der Waals surface area contributed by atoms with Crippen LogP contribution in [0.4, 0.5) is 0 Å². The Morgan fingerprint density at radius 2 is 1.84 bits per heavy atom. The second-order valence-electron chi connectivity index (χ2n) is 9.90. The first-order chi connectivity index (χ1) is 17.5.